The zero-order valence-corrected chi connectivity index (χ0v) is 6.93. The molecule has 0 heterocycles. The topological polar surface area (TPSA) is 27.7 Å². The molecule has 0 unspecified atom stereocenters. The third kappa shape index (κ3) is 2.95. The lowest BCUT2D eigenvalue weighted by molar-refractivity contribution is -0.170. The van der Waals surface area contributed by atoms with Crippen LogP contribution in [0.25, 0.3) is 0 Å². The minimum atomic E-state index is -0.783. The smallest absolute Gasteiger partial charge is 0.165 e. The van der Waals surface area contributed by atoms with Crippen LogP contribution in [0.1, 0.15) is 0 Å². The van der Waals surface area contributed by atoms with Crippen molar-refractivity contribution in [2.45, 2.75) is 5.41 Å². The summed E-state index contributed by atoms with van der Waals surface area (Å²) in [5, 5.41) is 0. The fourth-order valence-corrected chi connectivity index (χ4v) is 0.536. The molecule has 53 valence electrons. The van der Waals surface area contributed by atoms with E-state index in [1.165, 1.54) is 14.2 Å². The average molecular weight is 147 g/mol. The van der Waals surface area contributed by atoms with Crippen LogP contribution in [-0.2, 0) is 14.2 Å². The molecule has 0 aromatic rings. The SMILES string of the molecule is COCC([Si])(OC)OC. The molecule has 0 amide bonds. The molecule has 0 aliphatic heterocycles. The van der Waals surface area contributed by atoms with Gasteiger partial charge in [0.1, 0.15) is 10.2 Å². The Morgan fingerprint density at radius 3 is 1.78 bits per heavy atom. The van der Waals surface area contributed by atoms with Gasteiger partial charge >= 0.3 is 0 Å². The summed E-state index contributed by atoms with van der Waals surface area (Å²) >= 11 is 0. The molecule has 3 nitrogen and oxygen atoms in total. The minimum Gasteiger partial charge on any atom is -0.380 e. The number of hydrogen-bond donors (Lipinski definition) is 0. The zero-order valence-electron chi connectivity index (χ0n) is 5.93. The van der Waals surface area contributed by atoms with Crippen molar-refractivity contribution in [3.8, 4) is 0 Å². The van der Waals surface area contributed by atoms with Crippen LogP contribution in [0.2, 0.25) is 0 Å². The first-order valence-electron chi connectivity index (χ1n) is 2.53. The van der Waals surface area contributed by atoms with Gasteiger partial charge in [-0.05, 0) is 0 Å². The summed E-state index contributed by atoms with van der Waals surface area (Å²) in [5.74, 6) is 0. The Morgan fingerprint density at radius 2 is 1.67 bits per heavy atom. The van der Waals surface area contributed by atoms with Gasteiger partial charge in [0.25, 0.3) is 0 Å². The number of hydrogen-bond acceptors (Lipinski definition) is 3. The fraction of sp³-hybridized carbons (Fsp3) is 1.00. The predicted octanol–water partition coefficient (Wildman–Crippen LogP) is -0.252. The van der Waals surface area contributed by atoms with Crippen LogP contribution >= 0.6 is 0 Å². The van der Waals surface area contributed by atoms with Crippen molar-refractivity contribution < 1.29 is 14.2 Å². The van der Waals surface area contributed by atoms with Crippen LogP contribution in [-0.4, -0.2) is 43.6 Å². The van der Waals surface area contributed by atoms with E-state index < -0.39 is 5.41 Å². The van der Waals surface area contributed by atoms with Crippen molar-refractivity contribution in [1.29, 1.82) is 0 Å². The maximum Gasteiger partial charge on any atom is 0.165 e. The molecular weight excluding hydrogens is 136 g/mol. The van der Waals surface area contributed by atoms with Gasteiger partial charge in [-0.1, -0.05) is 0 Å². The first-order chi connectivity index (χ1) is 4.18. The van der Waals surface area contributed by atoms with Gasteiger partial charge < -0.3 is 14.2 Å². The number of rotatable bonds is 4. The highest BCUT2D eigenvalue weighted by molar-refractivity contribution is 6.13. The summed E-state index contributed by atoms with van der Waals surface area (Å²) in [6.07, 6.45) is 0. The van der Waals surface area contributed by atoms with E-state index in [0.29, 0.717) is 6.61 Å². The standard InChI is InChI=1S/C5H11O3Si/c1-6-4-5(9,7-2)8-3/h4H2,1-3H3. The Kier molecular flexibility index (Phi) is 4.04. The second-order valence-corrected chi connectivity index (χ2v) is 2.36. The largest absolute Gasteiger partial charge is 0.380 e. The van der Waals surface area contributed by atoms with E-state index >= 15 is 0 Å². The number of ether oxygens (including phenoxy) is 3. The lowest BCUT2D eigenvalue weighted by atomic mass is 10.6. The maximum atomic E-state index is 4.89. The highest BCUT2D eigenvalue weighted by atomic mass is 28.1. The van der Waals surface area contributed by atoms with Crippen molar-refractivity contribution in [3.05, 3.63) is 0 Å². The molecule has 0 saturated heterocycles. The highest BCUT2D eigenvalue weighted by Gasteiger charge is 2.21. The summed E-state index contributed by atoms with van der Waals surface area (Å²) in [5.41, 5.74) is -0.783. The predicted molar refractivity (Wildman–Crippen MR) is 34.4 cm³/mol. The average Bonchev–Trinajstić information content (AvgIpc) is 1.89. The van der Waals surface area contributed by atoms with Crippen molar-refractivity contribution >= 4 is 10.2 Å². The van der Waals surface area contributed by atoms with Gasteiger partial charge in [0.05, 0.1) is 6.61 Å². The molecule has 0 atom stereocenters. The van der Waals surface area contributed by atoms with Gasteiger partial charge in [-0.25, -0.2) is 0 Å². The van der Waals surface area contributed by atoms with Crippen molar-refractivity contribution in [3.63, 3.8) is 0 Å². The van der Waals surface area contributed by atoms with Crippen LogP contribution in [0.4, 0.5) is 0 Å². The molecule has 0 bridgehead atoms. The lowest BCUT2D eigenvalue weighted by Gasteiger charge is -2.24. The summed E-state index contributed by atoms with van der Waals surface area (Å²) < 4.78 is 14.6. The Morgan fingerprint density at radius 1 is 1.22 bits per heavy atom. The van der Waals surface area contributed by atoms with Crippen LogP contribution < -0.4 is 0 Å². The molecule has 0 saturated carbocycles. The first-order valence-corrected chi connectivity index (χ1v) is 3.03. The van der Waals surface area contributed by atoms with E-state index in [1.54, 1.807) is 7.11 Å². The molecule has 9 heavy (non-hydrogen) atoms. The Hall–Kier alpha value is 0.0969. The summed E-state index contributed by atoms with van der Waals surface area (Å²) in [4.78, 5) is 0. The molecule has 0 aromatic heterocycles. The van der Waals surface area contributed by atoms with E-state index in [1.807, 2.05) is 0 Å². The lowest BCUT2D eigenvalue weighted by Crippen LogP contribution is -2.39. The van der Waals surface area contributed by atoms with E-state index in [9.17, 15) is 0 Å². The Bertz CT molecular complexity index is 72.6. The van der Waals surface area contributed by atoms with Crippen LogP contribution in [0.5, 0.6) is 0 Å². The van der Waals surface area contributed by atoms with Crippen molar-refractivity contribution in [2.24, 2.45) is 0 Å². The zero-order chi connectivity index (χ0) is 7.33. The number of methoxy groups -OCH3 is 3. The summed E-state index contributed by atoms with van der Waals surface area (Å²) in [6, 6.07) is 0. The second kappa shape index (κ2) is 4.00. The Balaban J connectivity index is 3.62. The summed E-state index contributed by atoms with van der Waals surface area (Å²) in [6.45, 7) is 0.358. The van der Waals surface area contributed by atoms with Crippen molar-refractivity contribution in [1.82, 2.24) is 0 Å². The first kappa shape index (κ1) is 9.10. The quantitative estimate of drug-likeness (QED) is 0.405. The van der Waals surface area contributed by atoms with Crippen LogP contribution in [0.15, 0.2) is 0 Å². The summed E-state index contributed by atoms with van der Waals surface area (Å²) in [7, 11) is 7.88. The van der Waals surface area contributed by atoms with Gasteiger partial charge in [0.2, 0.25) is 0 Å². The molecule has 0 aliphatic carbocycles. The third-order valence-corrected chi connectivity index (χ3v) is 1.55. The van der Waals surface area contributed by atoms with Crippen molar-refractivity contribution in [2.75, 3.05) is 27.9 Å². The van der Waals surface area contributed by atoms with E-state index in [2.05, 4.69) is 10.2 Å². The molecule has 4 heteroatoms. The van der Waals surface area contributed by atoms with Gasteiger partial charge in [-0.2, -0.15) is 0 Å². The molecule has 3 radical (unpaired) electrons. The normalized spacial score (nSPS) is 12.0. The van der Waals surface area contributed by atoms with Gasteiger partial charge in [-0.3, -0.25) is 0 Å². The molecular formula is C5H11O3Si. The highest BCUT2D eigenvalue weighted by Crippen LogP contribution is 2.04. The van der Waals surface area contributed by atoms with Crippen LogP contribution in [0, 0.1) is 0 Å². The van der Waals surface area contributed by atoms with E-state index in [-0.39, 0.29) is 0 Å². The van der Waals surface area contributed by atoms with Gasteiger partial charge in [0, 0.05) is 21.3 Å². The Labute approximate surface area is 58.7 Å². The van der Waals surface area contributed by atoms with Gasteiger partial charge in [0.15, 0.2) is 5.41 Å². The monoisotopic (exact) mass is 147 g/mol. The minimum absolute atomic E-state index is 0.358. The molecule has 0 N–H and O–H groups in total. The fourth-order valence-electron chi connectivity index (χ4n) is 0.391. The molecule has 0 spiro atoms. The van der Waals surface area contributed by atoms with Gasteiger partial charge in [-0.15, -0.1) is 0 Å². The maximum absolute atomic E-state index is 4.89. The molecule has 0 aliphatic rings. The third-order valence-electron chi connectivity index (χ3n) is 0.994. The van der Waals surface area contributed by atoms with E-state index in [0.717, 1.165) is 0 Å². The second-order valence-electron chi connectivity index (χ2n) is 1.59. The van der Waals surface area contributed by atoms with E-state index in [4.69, 9.17) is 14.2 Å². The van der Waals surface area contributed by atoms with Crippen LogP contribution in [0.3, 0.4) is 0 Å². The molecule has 0 rings (SSSR count). The molecule has 0 aromatic carbocycles. The molecule has 0 fully saturated rings.